The predicted octanol–water partition coefficient (Wildman–Crippen LogP) is 1.52. The molecule has 9 nitrogen and oxygen atoms in total. The Morgan fingerprint density at radius 1 is 1.18 bits per heavy atom. The van der Waals surface area contributed by atoms with Gasteiger partial charge in [0.1, 0.15) is 12.1 Å². The standard InChI is InChI=1S/C25H33N3O6/c1-15(2)12-20(28-21(29)14-18(24(28)32)16-8-5-4-6-9-16)23(31)27-19(25(33)34-3)13-17-10-7-11-26-22(17)30/h4-6,8-9,15,17-20H,7,10-14H2,1-3H3,(H,26,30)(H,27,31)/t17-,18+,19-,20-/m0/s1. The molecule has 0 spiro atoms. The van der Waals surface area contributed by atoms with Crippen LogP contribution in [-0.2, 0) is 28.7 Å². The van der Waals surface area contributed by atoms with Crippen molar-refractivity contribution in [2.75, 3.05) is 13.7 Å². The van der Waals surface area contributed by atoms with Crippen LogP contribution in [0.3, 0.4) is 0 Å². The van der Waals surface area contributed by atoms with Gasteiger partial charge in [0.25, 0.3) is 0 Å². The van der Waals surface area contributed by atoms with E-state index in [1.54, 1.807) is 24.3 Å². The van der Waals surface area contributed by atoms with Gasteiger partial charge in [0.05, 0.1) is 13.0 Å². The summed E-state index contributed by atoms with van der Waals surface area (Å²) in [5.74, 6) is -3.33. The van der Waals surface area contributed by atoms with Crippen LogP contribution >= 0.6 is 0 Å². The number of nitrogens with one attached hydrogen (secondary N) is 2. The molecule has 0 bridgehead atoms. The molecule has 3 rings (SSSR count). The molecule has 2 aliphatic rings. The van der Waals surface area contributed by atoms with Crippen LogP contribution in [0.15, 0.2) is 30.3 Å². The molecule has 2 N–H and O–H groups in total. The maximum atomic E-state index is 13.4. The minimum atomic E-state index is -1.06. The van der Waals surface area contributed by atoms with Gasteiger partial charge in [-0.1, -0.05) is 44.2 Å². The third-order valence-corrected chi connectivity index (χ3v) is 6.42. The largest absolute Gasteiger partial charge is 0.467 e. The third kappa shape index (κ3) is 5.81. The second-order valence-corrected chi connectivity index (χ2v) is 9.36. The van der Waals surface area contributed by atoms with E-state index in [-0.39, 0.29) is 31.1 Å². The van der Waals surface area contributed by atoms with E-state index in [0.717, 1.165) is 16.9 Å². The molecule has 2 aliphatic heterocycles. The van der Waals surface area contributed by atoms with E-state index in [9.17, 15) is 24.0 Å². The first-order chi connectivity index (χ1) is 16.2. The fraction of sp³-hybridized carbons (Fsp3) is 0.560. The molecule has 0 unspecified atom stereocenters. The van der Waals surface area contributed by atoms with E-state index in [1.807, 2.05) is 19.9 Å². The third-order valence-electron chi connectivity index (χ3n) is 6.42. The Morgan fingerprint density at radius 2 is 1.88 bits per heavy atom. The lowest BCUT2D eigenvalue weighted by atomic mass is 9.91. The highest BCUT2D eigenvalue weighted by Crippen LogP contribution is 2.32. The van der Waals surface area contributed by atoms with Crippen molar-refractivity contribution >= 4 is 29.6 Å². The Morgan fingerprint density at radius 3 is 2.50 bits per heavy atom. The number of hydrogen-bond acceptors (Lipinski definition) is 6. The summed E-state index contributed by atoms with van der Waals surface area (Å²) in [6, 6.07) is 6.91. The zero-order valence-corrected chi connectivity index (χ0v) is 19.9. The van der Waals surface area contributed by atoms with Gasteiger partial charge >= 0.3 is 5.97 Å². The molecule has 4 amide bonds. The number of esters is 1. The normalized spacial score (nSPS) is 22.4. The van der Waals surface area contributed by atoms with Gasteiger partial charge in [0.15, 0.2) is 0 Å². The molecule has 2 fully saturated rings. The van der Waals surface area contributed by atoms with E-state index >= 15 is 0 Å². The van der Waals surface area contributed by atoms with Crippen LogP contribution in [0, 0.1) is 11.8 Å². The number of ether oxygens (including phenoxy) is 1. The Balaban J connectivity index is 1.80. The second kappa shape index (κ2) is 11.3. The topological polar surface area (TPSA) is 122 Å². The van der Waals surface area contributed by atoms with Gasteiger partial charge in [0, 0.05) is 18.9 Å². The zero-order chi connectivity index (χ0) is 24.8. The molecule has 0 aliphatic carbocycles. The average Bonchev–Trinajstić information content (AvgIpc) is 3.11. The Hall–Kier alpha value is -3.23. The zero-order valence-electron chi connectivity index (χ0n) is 19.9. The first-order valence-electron chi connectivity index (χ1n) is 11.8. The van der Waals surface area contributed by atoms with Gasteiger partial charge in [-0.05, 0) is 37.2 Å². The molecule has 34 heavy (non-hydrogen) atoms. The number of amides is 4. The minimum absolute atomic E-state index is 0.00655. The minimum Gasteiger partial charge on any atom is -0.467 e. The average molecular weight is 472 g/mol. The van der Waals surface area contributed by atoms with Crippen molar-refractivity contribution in [1.82, 2.24) is 15.5 Å². The summed E-state index contributed by atoms with van der Waals surface area (Å²) in [6.07, 6.45) is 1.72. The SMILES string of the molecule is COC(=O)[C@H](C[C@@H]1CCCNC1=O)NC(=O)[C@H](CC(C)C)N1C(=O)C[C@H](c2ccccc2)C1=O. The van der Waals surface area contributed by atoms with E-state index in [1.165, 1.54) is 7.11 Å². The van der Waals surface area contributed by atoms with E-state index in [4.69, 9.17) is 4.74 Å². The summed E-state index contributed by atoms with van der Waals surface area (Å²) in [5, 5.41) is 5.45. The van der Waals surface area contributed by atoms with Crippen molar-refractivity contribution in [1.29, 1.82) is 0 Å². The lowest BCUT2D eigenvalue weighted by Gasteiger charge is -2.30. The highest BCUT2D eigenvalue weighted by molar-refractivity contribution is 6.09. The lowest BCUT2D eigenvalue weighted by Crippen LogP contribution is -2.55. The summed E-state index contributed by atoms with van der Waals surface area (Å²) in [6.45, 7) is 4.37. The Labute approximate surface area is 199 Å². The van der Waals surface area contributed by atoms with Crippen molar-refractivity contribution in [3.8, 4) is 0 Å². The maximum Gasteiger partial charge on any atom is 0.328 e. The smallest absolute Gasteiger partial charge is 0.328 e. The predicted molar refractivity (Wildman–Crippen MR) is 123 cm³/mol. The fourth-order valence-corrected chi connectivity index (χ4v) is 4.67. The molecule has 0 aromatic heterocycles. The number of carbonyl (C=O) groups excluding carboxylic acids is 5. The Kier molecular flexibility index (Phi) is 8.41. The number of likely N-dealkylation sites (tertiary alicyclic amines) is 1. The van der Waals surface area contributed by atoms with E-state index in [0.29, 0.717) is 13.0 Å². The number of methoxy groups -OCH3 is 1. The molecule has 0 radical (unpaired) electrons. The van der Waals surface area contributed by atoms with Crippen LogP contribution in [0.25, 0.3) is 0 Å². The number of rotatable bonds is 9. The van der Waals surface area contributed by atoms with E-state index in [2.05, 4.69) is 10.6 Å². The molecule has 2 heterocycles. The number of imide groups is 1. The van der Waals surface area contributed by atoms with Crippen LogP contribution in [0.4, 0.5) is 0 Å². The lowest BCUT2D eigenvalue weighted by molar-refractivity contribution is -0.150. The van der Waals surface area contributed by atoms with Crippen molar-refractivity contribution < 1.29 is 28.7 Å². The summed E-state index contributed by atoms with van der Waals surface area (Å²) in [4.78, 5) is 65.3. The first-order valence-corrected chi connectivity index (χ1v) is 11.8. The summed E-state index contributed by atoms with van der Waals surface area (Å²) >= 11 is 0. The molecule has 0 saturated carbocycles. The maximum absolute atomic E-state index is 13.4. The monoisotopic (exact) mass is 471 g/mol. The van der Waals surface area contributed by atoms with Crippen molar-refractivity contribution in [3.63, 3.8) is 0 Å². The van der Waals surface area contributed by atoms with Gasteiger partial charge in [-0.2, -0.15) is 0 Å². The van der Waals surface area contributed by atoms with Crippen LogP contribution in [0.1, 0.15) is 57.4 Å². The highest BCUT2D eigenvalue weighted by Gasteiger charge is 2.46. The highest BCUT2D eigenvalue weighted by atomic mass is 16.5. The number of carbonyl (C=O) groups is 5. The van der Waals surface area contributed by atoms with Crippen LogP contribution < -0.4 is 10.6 Å². The van der Waals surface area contributed by atoms with Gasteiger partial charge in [0.2, 0.25) is 23.6 Å². The van der Waals surface area contributed by atoms with Gasteiger partial charge in [-0.3, -0.25) is 24.1 Å². The molecule has 184 valence electrons. The fourth-order valence-electron chi connectivity index (χ4n) is 4.67. The molecule has 9 heteroatoms. The molecule has 1 aromatic carbocycles. The van der Waals surface area contributed by atoms with Gasteiger partial charge < -0.3 is 15.4 Å². The second-order valence-electron chi connectivity index (χ2n) is 9.36. The summed E-state index contributed by atoms with van der Waals surface area (Å²) in [7, 11) is 1.21. The molecular weight excluding hydrogens is 438 g/mol. The molecule has 1 aromatic rings. The van der Waals surface area contributed by atoms with Gasteiger partial charge in [-0.25, -0.2) is 4.79 Å². The van der Waals surface area contributed by atoms with Crippen LogP contribution in [0.2, 0.25) is 0 Å². The quantitative estimate of drug-likeness (QED) is 0.416. The Bertz CT molecular complexity index is 932. The van der Waals surface area contributed by atoms with E-state index < -0.39 is 47.6 Å². The number of piperidine rings is 1. The van der Waals surface area contributed by atoms with Gasteiger partial charge in [-0.15, -0.1) is 0 Å². The molecule has 2 saturated heterocycles. The van der Waals surface area contributed by atoms with Crippen molar-refractivity contribution in [2.24, 2.45) is 11.8 Å². The van der Waals surface area contributed by atoms with Crippen molar-refractivity contribution in [2.45, 2.75) is 64.0 Å². The number of nitrogens with zero attached hydrogens (tertiary/aromatic N) is 1. The molecule has 4 atom stereocenters. The number of benzene rings is 1. The summed E-state index contributed by atoms with van der Waals surface area (Å²) in [5.41, 5.74) is 0.725. The first kappa shape index (κ1) is 25.4. The molecular formula is C25H33N3O6. The van der Waals surface area contributed by atoms with Crippen LogP contribution in [0.5, 0.6) is 0 Å². The summed E-state index contributed by atoms with van der Waals surface area (Å²) < 4.78 is 4.86. The number of hydrogen-bond donors (Lipinski definition) is 2. The van der Waals surface area contributed by atoms with Crippen LogP contribution in [-0.4, -0.2) is 60.2 Å². The van der Waals surface area contributed by atoms with Crippen molar-refractivity contribution in [3.05, 3.63) is 35.9 Å².